The number of benzene rings is 1. The van der Waals surface area contributed by atoms with Gasteiger partial charge in [-0.3, -0.25) is 0 Å². The minimum atomic E-state index is -0.269. The molecular formula is C10H9BrIO2Si. The SMILES string of the molecule is O=C(OCCC[Si])c1cc(Br)cc(I)c1. The zero-order valence-electron chi connectivity index (χ0n) is 7.93. The maximum absolute atomic E-state index is 11.6. The topological polar surface area (TPSA) is 26.3 Å². The minimum Gasteiger partial charge on any atom is -0.462 e. The summed E-state index contributed by atoms with van der Waals surface area (Å²) in [7, 11) is 3.32. The van der Waals surface area contributed by atoms with Crippen LogP contribution in [0, 0.1) is 3.57 Å². The van der Waals surface area contributed by atoms with Crippen molar-refractivity contribution in [2.75, 3.05) is 6.61 Å². The summed E-state index contributed by atoms with van der Waals surface area (Å²) in [5.74, 6) is -0.269. The molecule has 0 N–H and O–H groups in total. The van der Waals surface area contributed by atoms with Gasteiger partial charge in [-0.25, -0.2) is 4.79 Å². The van der Waals surface area contributed by atoms with Crippen LogP contribution in [0.4, 0.5) is 0 Å². The van der Waals surface area contributed by atoms with Crippen molar-refractivity contribution in [3.8, 4) is 0 Å². The van der Waals surface area contributed by atoms with E-state index < -0.39 is 0 Å². The van der Waals surface area contributed by atoms with Gasteiger partial charge in [0.05, 0.1) is 12.2 Å². The summed E-state index contributed by atoms with van der Waals surface area (Å²) >= 11 is 5.51. The van der Waals surface area contributed by atoms with Crippen molar-refractivity contribution in [3.05, 3.63) is 31.8 Å². The van der Waals surface area contributed by atoms with E-state index in [9.17, 15) is 4.79 Å². The quantitative estimate of drug-likeness (QED) is 0.338. The lowest BCUT2D eigenvalue weighted by atomic mass is 10.2. The van der Waals surface area contributed by atoms with Crippen LogP contribution >= 0.6 is 38.5 Å². The molecule has 0 fully saturated rings. The molecule has 0 aliphatic heterocycles. The molecule has 0 aliphatic rings. The summed E-state index contributed by atoms with van der Waals surface area (Å²) in [5.41, 5.74) is 0.586. The lowest BCUT2D eigenvalue weighted by Crippen LogP contribution is -2.06. The fourth-order valence-corrected chi connectivity index (χ4v) is 2.73. The van der Waals surface area contributed by atoms with Gasteiger partial charge in [0, 0.05) is 18.3 Å². The Balaban J connectivity index is 2.65. The standard InChI is InChI=1S/C10H9BrIO2Si/c11-8-4-7(5-9(12)6-8)10(13)14-2-1-3-15/h4-6H,1-3H2. The molecule has 15 heavy (non-hydrogen) atoms. The Morgan fingerprint density at radius 2 is 2.20 bits per heavy atom. The van der Waals surface area contributed by atoms with E-state index in [2.05, 4.69) is 48.8 Å². The van der Waals surface area contributed by atoms with Crippen LogP contribution in [0.15, 0.2) is 22.7 Å². The molecule has 0 spiro atoms. The molecule has 0 saturated heterocycles. The molecular weight excluding hydrogens is 387 g/mol. The second-order valence-electron chi connectivity index (χ2n) is 2.90. The highest BCUT2D eigenvalue weighted by Crippen LogP contribution is 2.18. The zero-order valence-corrected chi connectivity index (χ0v) is 12.7. The smallest absolute Gasteiger partial charge is 0.338 e. The summed E-state index contributed by atoms with van der Waals surface area (Å²) in [6.07, 6.45) is 0.827. The molecule has 0 atom stereocenters. The van der Waals surface area contributed by atoms with E-state index in [1.807, 2.05) is 6.07 Å². The van der Waals surface area contributed by atoms with Crippen LogP contribution < -0.4 is 0 Å². The van der Waals surface area contributed by atoms with Crippen LogP contribution in [0.5, 0.6) is 0 Å². The van der Waals surface area contributed by atoms with Crippen molar-refractivity contribution in [1.29, 1.82) is 0 Å². The molecule has 0 unspecified atom stereocenters. The summed E-state index contributed by atoms with van der Waals surface area (Å²) < 4.78 is 6.98. The van der Waals surface area contributed by atoms with Gasteiger partial charge < -0.3 is 4.74 Å². The maximum atomic E-state index is 11.6. The third-order valence-corrected chi connectivity index (χ3v) is 3.09. The van der Waals surface area contributed by atoms with Crippen LogP contribution in [-0.2, 0) is 4.74 Å². The van der Waals surface area contributed by atoms with Gasteiger partial charge in [0.2, 0.25) is 0 Å². The Hall–Kier alpha value is 0.117. The highest BCUT2D eigenvalue weighted by atomic mass is 127. The number of hydrogen-bond donors (Lipinski definition) is 0. The number of ether oxygens (including phenoxy) is 1. The largest absolute Gasteiger partial charge is 0.462 e. The van der Waals surface area contributed by atoms with E-state index in [0.29, 0.717) is 12.2 Å². The highest BCUT2D eigenvalue weighted by molar-refractivity contribution is 14.1. The molecule has 0 aromatic heterocycles. The summed E-state index contributed by atoms with van der Waals surface area (Å²) in [6.45, 7) is 0.450. The number of rotatable bonds is 4. The van der Waals surface area contributed by atoms with Crippen molar-refractivity contribution in [2.45, 2.75) is 12.5 Å². The lowest BCUT2D eigenvalue weighted by molar-refractivity contribution is 0.0505. The number of esters is 1. The molecule has 0 aliphatic carbocycles. The highest BCUT2D eigenvalue weighted by Gasteiger charge is 2.08. The zero-order chi connectivity index (χ0) is 11.3. The number of hydrogen-bond acceptors (Lipinski definition) is 2. The molecule has 5 heteroatoms. The van der Waals surface area contributed by atoms with Gasteiger partial charge in [-0.1, -0.05) is 22.0 Å². The van der Waals surface area contributed by atoms with Crippen LogP contribution in [0.1, 0.15) is 16.8 Å². The Morgan fingerprint density at radius 3 is 2.80 bits per heavy atom. The molecule has 0 heterocycles. The Bertz CT molecular complexity index is 337. The summed E-state index contributed by atoms with van der Waals surface area (Å²) in [6, 6.07) is 6.35. The summed E-state index contributed by atoms with van der Waals surface area (Å²) in [4.78, 5) is 11.6. The van der Waals surface area contributed by atoms with Crippen LogP contribution in [0.25, 0.3) is 0 Å². The predicted octanol–water partition coefficient (Wildman–Crippen LogP) is 3.19. The molecule has 1 aromatic carbocycles. The van der Waals surface area contributed by atoms with Gasteiger partial charge in [0.25, 0.3) is 0 Å². The van der Waals surface area contributed by atoms with Gasteiger partial charge in [-0.2, -0.15) is 0 Å². The van der Waals surface area contributed by atoms with Crippen molar-refractivity contribution >= 4 is 54.7 Å². The van der Waals surface area contributed by atoms with E-state index in [4.69, 9.17) is 4.74 Å². The normalized spacial score (nSPS) is 10.1. The molecule has 1 aromatic rings. The molecule has 3 radical (unpaired) electrons. The first-order chi connectivity index (χ1) is 7.13. The van der Waals surface area contributed by atoms with E-state index in [1.54, 1.807) is 12.1 Å². The molecule has 0 saturated carbocycles. The average molecular weight is 396 g/mol. The number of carbonyl (C=O) groups is 1. The summed E-state index contributed by atoms with van der Waals surface area (Å²) in [5, 5.41) is 0. The van der Waals surface area contributed by atoms with E-state index in [0.717, 1.165) is 20.5 Å². The first-order valence-corrected chi connectivity index (χ1v) is 6.99. The first-order valence-electron chi connectivity index (χ1n) is 4.41. The monoisotopic (exact) mass is 395 g/mol. The van der Waals surface area contributed by atoms with Gasteiger partial charge in [0.1, 0.15) is 0 Å². The molecule has 1 rings (SSSR count). The third-order valence-electron chi connectivity index (χ3n) is 1.65. The third kappa shape index (κ3) is 4.65. The van der Waals surface area contributed by atoms with Crippen LogP contribution in [0.3, 0.4) is 0 Å². The molecule has 0 amide bonds. The van der Waals surface area contributed by atoms with Gasteiger partial charge in [-0.15, -0.1) is 0 Å². The number of halogens is 2. The maximum Gasteiger partial charge on any atom is 0.338 e. The molecule has 79 valence electrons. The predicted molar refractivity (Wildman–Crippen MR) is 72.3 cm³/mol. The second-order valence-corrected chi connectivity index (χ2v) is 5.56. The van der Waals surface area contributed by atoms with Gasteiger partial charge in [-0.05, 0) is 47.2 Å². The van der Waals surface area contributed by atoms with E-state index >= 15 is 0 Å². The van der Waals surface area contributed by atoms with E-state index in [-0.39, 0.29) is 5.97 Å². The van der Waals surface area contributed by atoms with Gasteiger partial charge in [0.15, 0.2) is 0 Å². The Morgan fingerprint density at radius 1 is 1.47 bits per heavy atom. The fourth-order valence-electron chi connectivity index (χ4n) is 0.992. The minimum absolute atomic E-state index is 0.269. The average Bonchev–Trinajstić information content (AvgIpc) is 2.16. The van der Waals surface area contributed by atoms with Crippen molar-refractivity contribution in [1.82, 2.24) is 0 Å². The fraction of sp³-hybridized carbons (Fsp3) is 0.300. The van der Waals surface area contributed by atoms with Crippen molar-refractivity contribution in [2.24, 2.45) is 0 Å². The van der Waals surface area contributed by atoms with Gasteiger partial charge >= 0.3 is 5.97 Å². The Labute approximate surface area is 114 Å². The van der Waals surface area contributed by atoms with Crippen molar-refractivity contribution in [3.63, 3.8) is 0 Å². The first kappa shape index (κ1) is 13.2. The Kier molecular flexibility index (Phi) is 5.84. The van der Waals surface area contributed by atoms with Crippen LogP contribution in [-0.4, -0.2) is 22.8 Å². The molecule has 0 bridgehead atoms. The van der Waals surface area contributed by atoms with Crippen LogP contribution in [0.2, 0.25) is 6.04 Å². The molecule has 2 nitrogen and oxygen atoms in total. The van der Waals surface area contributed by atoms with E-state index in [1.165, 1.54) is 0 Å². The number of carbonyl (C=O) groups excluding carboxylic acids is 1. The second kappa shape index (κ2) is 6.65. The lowest BCUT2D eigenvalue weighted by Gasteiger charge is -2.04. The van der Waals surface area contributed by atoms with Crippen molar-refractivity contribution < 1.29 is 9.53 Å².